The van der Waals surface area contributed by atoms with Crippen LogP contribution in [0, 0.1) is 0 Å². The van der Waals surface area contributed by atoms with E-state index in [1.54, 1.807) is 50.6 Å². The van der Waals surface area contributed by atoms with E-state index in [2.05, 4.69) is 10.5 Å². The fourth-order valence-corrected chi connectivity index (χ4v) is 2.23. The number of methoxy groups -OCH3 is 4. The number of carbonyl (C=O) groups is 1. The van der Waals surface area contributed by atoms with Gasteiger partial charge in [0.05, 0.1) is 40.3 Å². The van der Waals surface area contributed by atoms with E-state index in [-0.39, 0.29) is 6.61 Å². The van der Waals surface area contributed by atoms with Crippen LogP contribution < -0.4 is 24.3 Å². The van der Waals surface area contributed by atoms with Crippen LogP contribution in [-0.2, 0) is 9.63 Å². The second-order valence-electron chi connectivity index (χ2n) is 5.23. The summed E-state index contributed by atoms with van der Waals surface area (Å²) in [6.45, 7) is -0.275. The lowest BCUT2D eigenvalue weighted by molar-refractivity contribution is -0.120. The minimum Gasteiger partial charge on any atom is -0.497 e. The quantitative estimate of drug-likeness (QED) is 0.536. The van der Waals surface area contributed by atoms with Gasteiger partial charge in [-0.2, -0.15) is 0 Å². The lowest BCUT2D eigenvalue weighted by Crippen LogP contribution is -2.17. The van der Waals surface area contributed by atoms with Gasteiger partial charge in [0, 0.05) is 11.6 Å². The number of rotatable bonds is 9. The molecule has 0 heterocycles. The molecule has 8 heteroatoms. The van der Waals surface area contributed by atoms with Crippen LogP contribution in [0.2, 0.25) is 0 Å². The molecule has 0 aliphatic rings. The van der Waals surface area contributed by atoms with Gasteiger partial charge in [0.15, 0.2) is 6.61 Å². The van der Waals surface area contributed by atoms with E-state index in [0.717, 1.165) is 0 Å². The summed E-state index contributed by atoms with van der Waals surface area (Å²) in [5, 5.41) is 6.49. The number of hydrogen-bond donors (Lipinski definition) is 1. The van der Waals surface area contributed by atoms with Crippen LogP contribution in [0.4, 0.5) is 5.69 Å². The zero-order valence-electron chi connectivity index (χ0n) is 15.6. The molecule has 8 nitrogen and oxygen atoms in total. The van der Waals surface area contributed by atoms with E-state index in [0.29, 0.717) is 34.2 Å². The van der Waals surface area contributed by atoms with Gasteiger partial charge in [0.25, 0.3) is 5.91 Å². The summed E-state index contributed by atoms with van der Waals surface area (Å²) in [5.41, 5.74) is 1.13. The van der Waals surface area contributed by atoms with Crippen molar-refractivity contribution in [1.82, 2.24) is 0 Å². The van der Waals surface area contributed by atoms with Gasteiger partial charge in [-0.05, 0) is 30.3 Å². The summed E-state index contributed by atoms with van der Waals surface area (Å²) in [5.74, 6) is 1.97. The highest BCUT2D eigenvalue weighted by Crippen LogP contribution is 2.28. The Labute approximate surface area is 157 Å². The van der Waals surface area contributed by atoms with Crippen LogP contribution in [0.3, 0.4) is 0 Å². The largest absolute Gasteiger partial charge is 0.497 e. The Morgan fingerprint density at radius 2 is 1.56 bits per heavy atom. The molecule has 0 bridgehead atoms. The molecule has 0 radical (unpaired) electrons. The molecule has 2 rings (SSSR count). The Hall–Kier alpha value is -3.42. The van der Waals surface area contributed by atoms with E-state index in [1.807, 2.05) is 0 Å². The molecule has 0 aromatic heterocycles. The topological polar surface area (TPSA) is 87.6 Å². The number of carbonyl (C=O) groups excluding carboxylic acids is 1. The summed E-state index contributed by atoms with van der Waals surface area (Å²) >= 11 is 0. The first-order valence-corrected chi connectivity index (χ1v) is 8.00. The molecule has 0 saturated heterocycles. The molecule has 0 atom stereocenters. The fraction of sp³-hybridized carbons (Fsp3) is 0.263. The van der Waals surface area contributed by atoms with E-state index < -0.39 is 5.91 Å². The summed E-state index contributed by atoms with van der Waals surface area (Å²) < 4.78 is 20.8. The van der Waals surface area contributed by atoms with Gasteiger partial charge in [-0.1, -0.05) is 5.16 Å². The first-order chi connectivity index (χ1) is 13.1. The van der Waals surface area contributed by atoms with E-state index in [1.165, 1.54) is 20.4 Å². The summed E-state index contributed by atoms with van der Waals surface area (Å²) in [7, 11) is 6.17. The molecular formula is C19H22N2O6. The Balaban J connectivity index is 1.96. The van der Waals surface area contributed by atoms with Crippen LogP contribution >= 0.6 is 0 Å². The molecule has 1 N–H and O–H groups in total. The summed E-state index contributed by atoms with van der Waals surface area (Å²) in [4.78, 5) is 17.1. The van der Waals surface area contributed by atoms with E-state index in [4.69, 9.17) is 23.8 Å². The third kappa shape index (κ3) is 5.53. The third-order valence-corrected chi connectivity index (χ3v) is 3.58. The highest BCUT2D eigenvalue weighted by atomic mass is 16.6. The number of oxime groups is 1. The number of nitrogens with zero attached hydrogens (tertiary/aromatic N) is 1. The average Bonchev–Trinajstić information content (AvgIpc) is 2.70. The molecule has 2 aromatic rings. The number of amides is 1. The van der Waals surface area contributed by atoms with Crippen molar-refractivity contribution < 1.29 is 28.6 Å². The molecule has 0 spiro atoms. The number of ether oxygens (including phenoxy) is 4. The minimum atomic E-state index is -0.392. The van der Waals surface area contributed by atoms with Gasteiger partial charge in [-0.3, -0.25) is 4.79 Å². The highest BCUT2D eigenvalue weighted by Gasteiger charge is 2.09. The molecular weight excluding hydrogens is 352 g/mol. The van der Waals surface area contributed by atoms with Crippen molar-refractivity contribution in [3.63, 3.8) is 0 Å². The predicted octanol–water partition coefficient (Wildman–Crippen LogP) is 2.71. The first kappa shape index (κ1) is 19.9. The molecule has 0 aliphatic heterocycles. The predicted molar refractivity (Wildman–Crippen MR) is 101 cm³/mol. The second kappa shape index (κ2) is 9.91. The van der Waals surface area contributed by atoms with Gasteiger partial charge >= 0.3 is 0 Å². The van der Waals surface area contributed by atoms with Crippen LogP contribution in [0.25, 0.3) is 0 Å². The van der Waals surface area contributed by atoms with Gasteiger partial charge in [0.1, 0.15) is 23.0 Å². The van der Waals surface area contributed by atoms with Crippen molar-refractivity contribution in [2.24, 2.45) is 5.16 Å². The molecule has 0 fully saturated rings. The van der Waals surface area contributed by atoms with E-state index in [9.17, 15) is 4.79 Å². The van der Waals surface area contributed by atoms with Crippen LogP contribution in [0.15, 0.2) is 41.6 Å². The molecule has 2 aromatic carbocycles. The minimum absolute atomic E-state index is 0.275. The van der Waals surface area contributed by atoms with Crippen molar-refractivity contribution in [3.8, 4) is 23.0 Å². The fourth-order valence-electron chi connectivity index (χ4n) is 2.23. The Morgan fingerprint density at radius 1 is 0.926 bits per heavy atom. The first-order valence-electron chi connectivity index (χ1n) is 8.00. The van der Waals surface area contributed by atoms with Crippen LogP contribution in [0.1, 0.15) is 5.56 Å². The second-order valence-corrected chi connectivity index (χ2v) is 5.23. The monoisotopic (exact) mass is 374 g/mol. The number of benzene rings is 2. The molecule has 0 unspecified atom stereocenters. The number of nitrogens with one attached hydrogen (secondary N) is 1. The average molecular weight is 374 g/mol. The number of hydrogen-bond acceptors (Lipinski definition) is 7. The standard InChI is InChI=1S/C19H22N2O6/c1-23-14-5-7-17(25-3)13(9-14)11-20-27-12-19(22)21-16-10-15(24-2)6-8-18(16)26-4/h5-11H,12H2,1-4H3,(H,21,22)/b20-11+. The van der Waals surface area contributed by atoms with Crippen molar-refractivity contribution in [2.75, 3.05) is 40.4 Å². The normalized spacial score (nSPS) is 10.4. The molecule has 144 valence electrons. The van der Waals surface area contributed by atoms with Crippen LogP contribution in [0.5, 0.6) is 23.0 Å². The van der Waals surface area contributed by atoms with E-state index >= 15 is 0 Å². The summed E-state index contributed by atoms with van der Waals surface area (Å²) in [6.07, 6.45) is 1.45. The smallest absolute Gasteiger partial charge is 0.265 e. The summed E-state index contributed by atoms with van der Waals surface area (Å²) in [6, 6.07) is 10.3. The molecule has 1 amide bonds. The van der Waals surface area contributed by atoms with Gasteiger partial charge in [0.2, 0.25) is 0 Å². The maximum atomic E-state index is 12.1. The maximum Gasteiger partial charge on any atom is 0.265 e. The van der Waals surface area contributed by atoms with Gasteiger partial charge in [-0.15, -0.1) is 0 Å². The highest BCUT2D eigenvalue weighted by molar-refractivity contribution is 5.93. The van der Waals surface area contributed by atoms with Crippen molar-refractivity contribution in [2.45, 2.75) is 0 Å². The van der Waals surface area contributed by atoms with Gasteiger partial charge in [-0.25, -0.2) is 0 Å². The zero-order chi connectivity index (χ0) is 19.6. The van der Waals surface area contributed by atoms with Crippen molar-refractivity contribution in [1.29, 1.82) is 0 Å². The lowest BCUT2D eigenvalue weighted by Gasteiger charge is -2.11. The Morgan fingerprint density at radius 3 is 2.19 bits per heavy atom. The Bertz CT molecular complexity index is 807. The van der Waals surface area contributed by atoms with Crippen molar-refractivity contribution >= 4 is 17.8 Å². The SMILES string of the molecule is COc1ccc(OC)c(/C=N/OCC(=O)Nc2cc(OC)ccc2OC)c1. The molecule has 0 saturated carbocycles. The third-order valence-electron chi connectivity index (χ3n) is 3.58. The zero-order valence-corrected chi connectivity index (χ0v) is 15.6. The lowest BCUT2D eigenvalue weighted by atomic mass is 10.2. The maximum absolute atomic E-state index is 12.1. The molecule has 27 heavy (non-hydrogen) atoms. The van der Waals surface area contributed by atoms with Crippen molar-refractivity contribution in [3.05, 3.63) is 42.0 Å². The van der Waals surface area contributed by atoms with Gasteiger partial charge < -0.3 is 29.1 Å². The van der Waals surface area contributed by atoms with Crippen LogP contribution in [-0.4, -0.2) is 47.2 Å². The molecule has 0 aliphatic carbocycles. The Kier molecular flexibility index (Phi) is 7.30. The number of anilines is 1.